The molecule has 0 unspecified atom stereocenters. The molecular formula is C19H26N2O5S. The third kappa shape index (κ3) is 4.68. The number of ether oxygens (including phenoxy) is 1. The average molecular weight is 394 g/mol. The monoisotopic (exact) mass is 394 g/mol. The summed E-state index contributed by atoms with van der Waals surface area (Å²) < 4.78 is 32.6. The van der Waals surface area contributed by atoms with Gasteiger partial charge < -0.3 is 10.1 Å². The Hall–Kier alpha value is -1.93. The average Bonchev–Trinajstić information content (AvgIpc) is 3.46. The first-order valence-corrected chi connectivity index (χ1v) is 10.8. The maximum Gasteiger partial charge on any atom is 0.325 e. The van der Waals surface area contributed by atoms with E-state index in [1.807, 2.05) is 6.92 Å². The minimum Gasteiger partial charge on any atom is -0.451 e. The van der Waals surface area contributed by atoms with Crippen molar-refractivity contribution in [2.75, 3.05) is 6.54 Å². The number of aryl methyl sites for hydroxylation is 1. The Morgan fingerprint density at radius 2 is 1.81 bits per heavy atom. The van der Waals surface area contributed by atoms with E-state index in [2.05, 4.69) is 5.32 Å². The van der Waals surface area contributed by atoms with Crippen LogP contribution in [0.25, 0.3) is 0 Å². The predicted molar refractivity (Wildman–Crippen MR) is 99.4 cm³/mol. The van der Waals surface area contributed by atoms with Crippen molar-refractivity contribution in [3.05, 3.63) is 29.8 Å². The molecule has 148 valence electrons. The van der Waals surface area contributed by atoms with E-state index in [0.29, 0.717) is 12.8 Å². The number of nitrogens with zero attached hydrogens (tertiary/aromatic N) is 1. The van der Waals surface area contributed by atoms with Gasteiger partial charge in [0.1, 0.15) is 6.04 Å². The maximum atomic E-state index is 13.0. The Kier molecular flexibility index (Phi) is 5.86. The van der Waals surface area contributed by atoms with Crippen molar-refractivity contribution in [2.24, 2.45) is 0 Å². The van der Waals surface area contributed by atoms with E-state index in [9.17, 15) is 18.0 Å². The van der Waals surface area contributed by atoms with E-state index in [0.717, 1.165) is 24.8 Å². The second kappa shape index (κ2) is 7.98. The molecule has 27 heavy (non-hydrogen) atoms. The van der Waals surface area contributed by atoms with Crippen LogP contribution in [0.1, 0.15) is 44.6 Å². The largest absolute Gasteiger partial charge is 0.451 e. The SMILES string of the molecule is Cc1ccc(S(=O)(=O)N2CCCC[C@@H]2C(=O)O[C@@H](C)C(=O)NC2CC2)cc1. The molecule has 2 atom stereocenters. The quantitative estimate of drug-likeness (QED) is 0.742. The van der Waals surface area contributed by atoms with Gasteiger partial charge in [-0.3, -0.25) is 9.59 Å². The highest BCUT2D eigenvalue weighted by molar-refractivity contribution is 7.89. The van der Waals surface area contributed by atoms with Gasteiger partial charge in [0.2, 0.25) is 10.0 Å². The van der Waals surface area contributed by atoms with Crippen LogP contribution in [-0.4, -0.2) is 49.3 Å². The molecule has 0 bridgehead atoms. The highest BCUT2D eigenvalue weighted by Gasteiger charge is 2.39. The summed E-state index contributed by atoms with van der Waals surface area (Å²) in [7, 11) is -3.81. The van der Waals surface area contributed by atoms with Gasteiger partial charge in [-0.15, -0.1) is 0 Å². The first kappa shape index (κ1) is 19.8. The van der Waals surface area contributed by atoms with Crippen molar-refractivity contribution in [1.29, 1.82) is 0 Å². The van der Waals surface area contributed by atoms with Crippen molar-refractivity contribution >= 4 is 21.9 Å². The smallest absolute Gasteiger partial charge is 0.325 e. The number of piperidine rings is 1. The third-order valence-corrected chi connectivity index (χ3v) is 6.86. The van der Waals surface area contributed by atoms with Crippen molar-refractivity contribution in [3.63, 3.8) is 0 Å². The molecule has 1 aliphatic heterocycles. The molecule has 1 aromatic rings. The van der Waals surface area contributed by atoms with E-state index in [-0.39, 0.29) is 23.4 Å². The van der Waals surface area contributed by atoms with Gasteiger partial charge in [-0.25, -0.2) is 8.42 Å². The van der Waals surface area contributed by atoms with E-state index in [1.165, 1.54) is 11.2 Å². The number of rotatable bonds is 6. The summed E-state index contributed by atoms with van der Waals surface area (Å²) >= 11 is 0. The number of sulfonamides is 1. The summed E-state index contributed by atoms with van der Waals surface area (Å²) in [5.41, 5.74) is 0.957. The highest BCUT2D eigenvalue weighted by Crippen LogP contribution is 2.27. The van der Waals surface area contributed by atoms with Gasteiger partial charge in [0.15, 0.2) is 6.10 Å². The number of benzene rings is 1. The number of esters is 1. The van der Waals surface area contributed by atoms with Gasteiger partial charge >= 0.3 is 5.97 Å². The zero-order chi connectivity index (χ0) is 19.6. The van der Waals surface area contributed by atoms with Crippen LogP contribution in [0.5, 0.6) is 0 Å². The summed E-state index contributed by atoms with van der Waals surface area (Å²) in [6, 6.07) is 5.83. The number of nitrogens with one attached hydrogen (secondary N) is 1. The van der Waals surface area contributed by atoms with Crippen molar-refractivity contribution in [3.8, 4) is 0 Å². The second-order valence-corrected chi connectivity index (χ2v) is 9.19. The van der Waals surface area contributed by atoms with Gasteiger partial charge in [0, 0.05) is 12.6 Å². The fourth-order valence-corrected chi connectivity index (χ4v) is 4.77. The van der Waals surface area contributed by atoms with Gasteiger partial charge in [-0.1, -0.05) is 17.7 Å². The Bertz CT molecular complexity index is 802. The van der Waals surface area contributed by atoms with Gasteiger partial charge in [-0.05, 0) is 58.1 Å². The number of hydrogen-bond acceptors (Lipinski definition) is 5. The number of hydrogen-bond donors (Lipinski definition) is 1. The normalized spacial score (nSPS) is 22.1. The highest BCUT2D eigenvalue weighted by atomic mass is 32.2. The molecular weight excluding hydrogens is 368 g/mol. The first-order chi connectivity index (χ1) is 12.8. The van der Waals surface area contributed by atoms with E-state index in [4.69, 9.17) is 4.74 Å². The van der Waals surface area contributed by atoms with Gasteiger partial charge in [0.05, 0.1) is 4.90 Å². The van der Waals surface area contributed by atoms with Crippen molar-refractivity contribution < 1.29 is 22.7 Å². The fourth-order valence-electron chi connectivity index (χ4n) is 3.13. The Balaban J connectivity index is 1.73. The predicted octanol–water partition coefficient (Wildman–Crippen LogP) is 1.75. The molecule has 1 aromatic carbocycles. The van der Waals surface area contributed by atoms with Crippen LogP contribution in [0.15, 0.2) is 29.2 Å². The lowest BCUT2D eigenvalue weighted by Gasteiger charge is -2.33. The number of amides is 1. The van der Waals surface area contributed by atoms with Crippen molar-refractivity contribution in [1.82, 2.24) is 9.62 Å². The topological polar surface area (TPSA) is 92.8 Å². The lowest BCUT2D eigenvalue weighted by Crippen LogP contribution is -2.50. The maximum absolute atomic E-state index is 13.0. The van der Waals surface area contributed by atoms with Crippen LogP contribution in [0, 0.1) is 6.92 Å². The van der Waals surface area contributed by atoms with E-state index in [1.54, 1.807) is 24.3 Å². The Morgan fingerprint density at radius 1 is 1.15 bits per heavy atom. The van der Waals surface area contributed by atoms with Crippen LogP contribution in [0.4, 0.5) is 0 Å². The Morgan fingerprint density at radius 3 is 2.44 bits per heavy atom. The van der Waals surface area contributed by atoms with Crippen molar-refractivity contribution in [2.45, 2.75) is 69.0 Å². The molecule has 1 saturated carbocycles. The second-order valence-electron chi connectivity index (χ2n) is 7.30. The third-order valence-electron chi connectivity index (χ3n) is 4.94. The molecule has 8 heteroatoms. The van der Waals surface area contributed by atoms with Gasteiger partial charge in [0.25, 0.3) is 5.91 Å². The summed E-state index contributed by atoms with van der Waals surface area (Å²) in [5, 5.41) is 2.79. The molecule has 3 rings (SSSR count). The lowest BCUT2D eigenvalue weighted by molar-refractivity contribution is -0.159. The zero-order valence-electron chi connectivity index (χ0n) is 15.7. The summed E-state index contributed by atoms with van der Waals surface area (Å²) in [6.07, 6.45) is 2.76. The molecule has 7 nitrogen and oxygen atoms in total. The minimum absolute atomic E-state index is 0.160. The number of carbonyl (C=O) groups is 2. The fraction of sp³-hybridized carbons (Fsp3) is 0.579. The standard InChI is InChI=1S/C19H26N2O5S/c1-13-6-10-16(11-7-13)27(24,25)21-12-4-3-5-17(21)19(23)26-14(2)18(22)20-15-8-9-15/h6-7,10-11,14-15,17H,3-5,8-9,12H2,1-2H3,(H,20,22)/t14-,17+/m0/s1. The molecule has 1 saturated heterocycles. The zero-order valence-corrected chi connectivity index (χ0v) is 16.5. The van der Waals surface area contributed by atoms with Crippen LogP contribution in [0.3, 0.4) is 0 Å². The van der Waals surface area contributed by atoms with Gasteiger partial charge in [-0.2, -0.15) is 4.31 Å². The summed E-state index contributed by atoms with van der Waals surface area (Å²) in [5.74, 6) is -1.00. The van der Waals surface area contributed by atoms with Crippen LogP contribution in [-0.2, 0) is 24.3 Å². The van der Waals surface area contributed by atoms with Crippen LogP contribution in [0.2, 0.25) is 0 Å². The van der Waals surface area contributed by atoms with Crippen LogP contribution < -0.4 is 5.32 Å². The first-order valence-electron chi connectivity index (χ1n) is 9.38. The Labute approximate surface area is 160 Å². The number of carbonyl (C=O) groups excluding carboxylic acids is 2. The molecule has 1 heterocycles. The van der Waals surface area contributed by atoms with E-state index >= 15 is 0 Å². The summed E-state index contributed by atoms with van der Waals surface area (Å²) in [6.45, 7) is 3.65. The molecule has 2 fully saturated rings. The molecule has 0 spiro atoms. The molecule has 0 radical (unpaired) electrons. The molecule has 1 N–H and O–H groups in total. The molecule has 0 aromatic heterocycles. The molecule has 1 amide bonds. The summed E-state index contributed by atoms with van der Waals surface area (Å²) in [4.78, 5) is 24.8. The molecule has 2 aliphatic rings. The molecule has 1 aliphatic carbocycles. The lowest BCUT2D eigenvalue weighted by atomic mass is 10.1. The van der Waals surface area contributed by atoms with E-state index < -0.39 is 28.1 Å². The minimum atomic E-state index is -3.81. The van der Waals surface area contributed by atoms with Crippen LogP contribution >= 0.6 is 0 Å².